The molecule has 112 valence electrons. The van der Waals surface area contributed by atoms with Gasteiger partial charge in [0.05, 0.1) is 22.5 Å². The number of benzene rings is 1. The first-order chi connectivity index (χ1) is 10.5. The van der Waals surface area contributed by atoms with Crippen molar-refractivity contribution >= 4 is 29.1 Å². The van der Waals surface area contributed by atoms with Gasteiger partial charge in [-0.1, -0.05) is 47.0 Å². The Hall–Kier alpha value is -1.87. The molecule has 1 aliphatic heterocycles. The fraction of sp³-hybridized carbons (Fsp3) is 0.333. The van der Waals surface area contributed by atoms with Crippen LogP contribution in [-0.2, 0) is 9.59 Å². The van der Waals surface area contributed by atoms with Gasteiger partial charge in [0.25, 0.3) is 0 Å². The Morgan fingerprint density at radius 3 is 2.05 bits per heavy atom. The van der Waals surface area contributed by atoms with E-state index in [1.165, 1.54) is 16.0 Å². The van der Waals surface area contributed by atoms with Gasteiger partial charge in [0.2, 0.25) is 11.8 Å². The summed E-state index contributed by atoms with van der Waals surface area (Å²) in [6.45, 7) is 4.12. The number of nitrogens with zero attached hydrogens (tertiary/aromatic N) is 1. The van der Waals surface area contributed by atoms with Gasteiger partial charge in [-0.3, -0.25) is 9.59 Å². The summed E-state index contributed by atoms with van der Waals surface area (Å²) in [7, 11) is 0. The van der Waals surface area contributed by atoms with Crippen molar-refractivity contribution in [2.75, 3.05) is 4.90 Å². The summed E-state index contributed by atoms with van der Waals surface area (Å²) in [5.74, 6) is -0.599. The molecule has 1 heterocycles. The number of rotatable bonds is 1. The number of para-hydroxylation sites is 1. The number of hydrogen-bond acceptors (Lipinski definition) is 2. The maximum atomic E-state index is 12.9. The number of carbonyl (C=O) groups excluding carboxylic acids is 2. The molecule has 2 bridgehead atoms. The minimum Gasteiger partial charge on any atom is -0.274 e. The Labute approximate surface area is 134 Å². The van der Waals surface area contributed by atoms with Crippen LogP contribution in [0, 0.1) is 23.7 Å². The topological polar surface area (TPSA) is 37.4 Å². The van der Waals surface area contributed by atoms with Crippen molar-refractivity contribution in [3.05, 3.63) is 52.6 Å². The lowest BCUT2D eigenvalue weighted by molar-refractivity contribution is -0.122. The molecule has 1 saturated heterocycles. The minimum atomic E-state index is -0.260. The summed E-state index contributed by atoms with van der Waals surface area (Å²) in [5, 5.41) is 0.437. The Bertz CT molecular complexity index is 726. The number of allylic oxidation sites excluding steroid dienone is 4. The van der Waals surface area contributed by atoms with Crippen molar-refractivity contribution in [1.29, 1.82) is 0 Å². The molecule has 4 rings (SSSR count). The zero-order valence-electron chi connectivity index (χ0n) is 12.4. The number of amides is 2. The predicted octanol–water partition coefficient (Wildman–Crippen LogP) is 3.60. The van der Waals surface area contributed by atoms with Crippen LogP contribution in [0.4, 0.5) is 5.69 Å². The van der Waals surface area contributed by atoms with Crippen LogP contribution < -0.4 is 4.90 Å². The minimum absolute atomic E-state index is 0.0731. The van der Waals surface area contributed by atoms with Gasteiger partial charge in [0, 0.05) is 11.8 Å². The van der Waals surface area contributed by atoms with Crippen LogP contribution in [0.3, 0.4) is 0 Å². The monoisotopic (exact) mass is 313 g/mol. The number of imide groups is 1. The van der Waals surface area contributed by atoms with E-state index < -0.39 is 0 Å². The summed E-state index contributed by atoms with van der Waals surface area (Å²) in [4.78, 5) is 27.1. The van der Waals surface area contributed by atoms with E-state index in [0.717, 1.165) is 0 Å². The summed E-state index contributed by atoms with van der Waals surface area (Å²) in [6.07, 6.45) is 4.19. The summed E-state index contributed by atoms with van der Waals surface area (Å²) >= 11 is 6.19. The second-order valence-corrected chi connectivity index (χ2v) is 6.81. The van der Waals surface area contributed by atoms with Gasteiger partial charge >= 0.3 is 0 Å². The normalized spacial score (nSPS) is 32.1. The van der Waals surface area contributed by atoms with Crippen LogP contribution in [-0.4, -0.2) is 11.8 Å². The number of fused-ring (bicyclic) bond motifs is 5. The van der Waals surface area contributed by atoms with E-state index in [2.05, 4.69) is 26.0 Å². The predicted molar refractivity (Wildman–Crippen MR) is 85.4 cm³/mol. The Balaban J connectivity index is 1.80. The third kappa shape index (κ3) is 1.57. The second-order valence-electron chi connectivity index (χ2n) is 6.41. The van der Waals surface area contributed by atoms with Gasteiger partial charge in [0.1, 0.15) is 0 Å². The van der Waals surface area contributed by atoms with Crippen molar-refractivity contribution in [1.82, 2.24) is 0 Å². The van der Waals surface area contributed by atoms with Gasteiger partial charge in [-0.25, -0.2) is 4.90 Å². The summed E-state index contributed by atoms with van der Waals surface area (Å²) in [6, 6.07) is 7.03. The smallest absolute Gasteiger partial charge is 0.238 e. The van der Waals surface area contributed by atoms with E-state index in [0.29, 0.717) is 10.7 Å². The van der Waals surface area contributed by atoms with Gasteiger partial charge in [0.15, 0.2) is 0 Å². The van der Waals surface area contributed by atoms with Crippen LogP contribution in [0.5, 0.6) is 0 Å². The standard InChI is InChI=1S/C18H16ClNO2/c1-9(2)14-10-7-8-11(14)16-15(10)17(21)20(18(16)22)13-6-4-3-5-12(13)19/h3-8,10-11,15-16H,1-2H3/t10-,11+,15-,16-/m0/s1. The van der Waals surface area contributed by atoms with Gasteiger partial charge < -0.3 is 0 Å². The van der Waals surface area contributed by atoms with Crippen molar-refractivity contribution < 1.29 is 9.59 Å². The van der Waals surface area contributed by atoms with E-state index in [9.17, 15) is 9.59 Å². The van der Waals surface area contributed by atoms with Crippen molar-refractivity contribution in [3.8, 4) is 0 Å². The highest BCUT2D eigenvalue weighted by molar-refractivity contribution is 6.36. The van der Waals surface area contributed by atoms with Gasteiger partial charge in [-0.2, -0.15) is 0 Å². The molecule has 1 aromatic carbocycles. The van der Waals surface area contributed by atoms with Crippen molar-refractivity contribution in [2.24, 2.45) is 23.7 Å². The molecular formula is C18H16ClNO2. The number of anilines is 1. The maximum absolute atomic E-state index is 12.9. The van der Waals surface area contributed by atoms with Crippen LogP contribution >= 0.6 is 11.6 Å². The summed E-state index contributed by atoms with van der Waals surface area (Å²) < 4.78 is 0. The molecule has 3 nitrogen and oxygen atoms in total. The molecule has 2 aliphatic carbocycles. The molecule has 22 heavy (non-hydrogen) atoms. The fourth-order valence-corrected chi connectivity index (χ4v) is 4.52. The van der Waals surface area contributed by atoms with E-state index in [1.54, 1.807) is 24.3 Å². The van der Waals surface area contributed by atoms with E-state index in [1.807, 2.05) is 0 Å². The maximum Gasteiger partial charge on any atom is 0.238 e. The Kier molecular flexibility index (Phi) is 2.85. The van der Waals surface area contributed by atoms with Crippen LogP contribution in [0.15, 0.2) is 47.6 Å². The van der Waals surface area contributed by atoms with E-state index in [-0.39, 0.29) is 35.5 Å². The quantitative estimate of drug-likeness (QED) is 0.587. The largest absolute Gasteiger partial charge is 0.274 e. The number of hydrogen-bond donors (Lipinski definition) is 0. The van der Waals surface area contributed by atoms with Crippen LogP contribution in [0.25, 0.3) is 0 Å². The highest BCUT2D eigenvalue weighted by atomic mass is 35.5. The Morgan fingerprint density at radius 1 is 1.00 bits per heavy atom. The number of carbonyl (C=O) groups is 2. The molecule has 1 aromatic rings. The highest BCUT2D eigenvalue weighted by Gasteiger charge is 2.62. The lowest BCUT2D eigenvalue weighted by Gasteiger charge is -2.20. The molecule has 0 aromatic heterocycles. The van der Waals surface area contributed by atoms with E-state index >= 15 is 0 Å². The summed E-state index contributed by atoms with van der Waals surface area (Å²) in [5.41, 5.74) is 2.99. The van der Waals surface area contributed by atoms with Crippen molar-refractivity contribution in [2.45, 2.75) is 13.8 Å². The zero-order valence-corrected chi connectivity index (χ0v) is 13.2. The van der Waals surface area contributed by atoms with Gasteiger partial charge in [-0.15, -0.1) is 0 Å². The van der Waals surface area contributed by atoms with Crippen LogP contribution in [0.2, 0.25) is 5.02 Å². The second kappa shape index (κ2) is 4.56. The van der Waals surface area contributed by atoms with Crippen LogP contribution in [0.1, 0.15) is 13.8 Å². The molecule has 0 spiro atoms. The molecular weight excluding hydrogens is 298 g/mol. The zero-order chi connectivity index (χ0) is 15.6. The van der Waals surface area contributed by atoms with Crippen molar-refractivity contribution in [3.63, 3.8) is 0 Å². The third-order valence-electron chi connectivity index (χ3n) is 5.09. The molecule has 0 N–H and O–H groups in total. The van der Waals surface area contributed by atoms with Gasteiger partial charge in [-0.05, 0) is 26.0 Å². The molecule has 3 aliphatic rings. The number of halogens is 1. The molecule has 2 amide bonds. The lowest BCUT2D eigenvalue weighted by atomic mass is 9.85. The molecule has 0 radical (unpaired) electrons. The third-order valence-corrected chi connectivity index (χ3v) is 5.41. The molecule has 2 fully saturated rings. The molecule has 4 heteroatoms. The first kappa shape index (κ1) is 13.8. The molecule has 0 unspecified atom stereocenters. The highest BCUT2D eigenvalue weighted by Crippen LogP contribution is 2.57. The Morgan fingerprint density at radius 2 is 1.55 bits per heavy atom. The first-order valence-electron chi connectivity index (χ1n) is 7.50. The first-order valence-corrected chi connectivity index (χ1v) is 7.88. The lowest BCUT2D eigenvalue weighted by Crippen LogP contribution is -2.33. The molecule has 1 saturated carbocycles. The van der Waals surface area contributed by atoms with E-state index in [4.69, 9.17) is 11.6 Å². The fourth-order valence-electron chi connectivity index (χ4n) is 4.30. The SMILES string of the molecule is CC(C)=C1[C@H]2C=C[C@@H]1[C@@H]1C(=O)N(c3ccccc3Cl)C(=O)[C@H]12. The average Bonchev–Trinajstić information content (AvgIpc) is 3.11. The average molecular weight is 314 g/mol. The molecule has 4 atom stereocenters.